The van der Waals surface area contributed by atoms with Crippen LogP contribution in [0.3, 0.4) is 0 Å². The predicted molar refractivity (Wildman–Crippen MR) is 129 cm³/mol. The van der Waals surface area contributed by atoms with E-state index in [2.05, 4.69) is 0 Å². The highest BCUT2D eigenvalue weighted by atomic mass is 31.2. The van der Waals surface area contributed by atoms with Crippen molar-refractivity contribution in [2.45, 2.75) is 59.6 Å². The van der Waals surface area contributed by atoms with Crippen LogP contribution in [0.25, 0.3) is 10.8 Å². The first kappa shape index (κ1) is 27.2. The van der Waals surface area contributed by atoms with Crippen molar-refractivity contribution in [3.8, 4) is 11.5 Å². The van der Waals surface area contributed by atoms with Crippen molar-refractivity contribution in [3.05, 3.63) is 64.5 Å². The summed E-state index contributed by atoms with van der Waals surface area (Å²) in [6.45, 7) is 7.15. The van der Waals surface area contributed by atoms with Crippen LogP contribution in [0.4, 0.5) is 17.6 Å². The van der Waals surface area contributed by atoms with Crippen molar-refractivity contribution in [2.24, 2.45) is 5.92 Å². The molecule has 0 saturated carbocycles. The molecule has 0 heterocycles. The number of halogens is 4. The number of hydrogen-bond donors (Lipinski definition) is 2. The highest BCUT2D eigenvalue weighted by Gasteiger charge is 2.38. The molecule has 35 heavy (non-hydrogen) atoms. The van der Waals surface area contributed by atoms with Gasteiger partial charge in [-0.3, -0.25) is 4.57 Å². The van der Waals surface area contributed by atoms with E-state index in [1.165, 1.54) is 31.2 Å². The van der Waals surface area contributed by atoms with Gasteiger partial charge < -0.3 is 14.5 Å². The fourth-order valence-corrected chi connectivity index (χ4v) is 5.30. The highest BCUT2D eigenvalue weighted by Crippen LogP contribution is 2.44. The van der Waals surface area contributed by atoms with Crippen molar-refractivity contribution in [1.82, 2.24) is 0 Å². The highest BCUT2D eigenvalue weighted by molar-refractivity contribution is 7.60. The standard InChI is InChI=1S/C26H29F4O4P/c1-5-7-15(2)10-11-18-12-13-20(24(27)23(18)26(28,29)30)34-25-17(4)14-21(35(31,32)33)19-9-6-8-16(3)22(19)25/h6,8-9,12-15H,5,7,10-11H2,1-4H3,(H2,31,32,33)/t15-/m1/s1. The van der Waals surface area contributed by atoms with Crippen molar-refractivity contribution in [2.75, 3.05) is 0 Å². The van der Waals surface area contributed by atoms with Crippen LogP contribution in [0.15, 0.2) is 36.4 Å². The first-order valence-corrected chi connectivity index (χ1v) is 13.0. The lowest BCUT2D eigenvalue weighted by Crippen LogP contribution is -2.14. The third-order valence-electron chi connectivity index (χ3n) is 6.18. The first-order valence-electron chi connectivity index (χ1n) is 11.4. The molecule has 0 aromatic heterocycles. The summed E-state index contributed by atoms with van der Waals surface area (Å²) in [6, 6.07) is 8.42. The topological polar surface area (TPSA) is 66.8 Å². The van der Waals surface area contributed by atoms with Crippen LogP contribution >= 0.6 is 7.60 Å². The molecule has 0 unspecified atom stereocenters. The lowest BCUT2D eigenvalue weighted by molar-refractivity contribution is -0.140. The Kier molecular flexibility index (Phi) is 7.99. The van der Waals surface area contributed by atoms with Crippen LogP contribution in [0, 0.1) is 25.6 Å². The Labute approximate surface area is 202 Å². The van der Waals surface area contributed by atoms with Crippen molar-refractivity contribution >= 4 is 23.7 Å². The van der Waals surface area contributed by atoms with Gasteiger partial charge in [0.2, 0.25) is 0 Å². The third-order valence-corrected chi connectivity index (χ3v) is 7.17. The lowest BCUT2D eigenvalue weighted by atomic mass is 9.94. The quantitative estimate of drug-likeness (QED) is 0.241. The summed E-state index contributed by atoms with van der Waals surface area (Å²) in [4.78, 5) is 19.6. The SMILES string of the molecule is CCC[C@@H](C)CCc1ccc(Oc2c(C)cc(P(=O)(O)O)c3cccc(C)c23)c(F)c1C(F)(F)F. The van der Waals surface area contributed by atoms with E-state index in [1.54, 1.807) is 19.1 Å². The van der Waals surface area contributed by atoms with Gasteiger partial charge in [0.25, 0.3) is 0 Å². The zero-order chi connectivity index (χ0) is 26.1. The van der Waals surface area contributed by atoms with Gasteiger partial charge in [-0.05, 0) is 61.4 Å². The summed E-state index contributed by atoms with van der Waals surface area (Å²) in [6.07, 6.45) is -2.53. The Morgan fingerprint density at radius 2 is 1.74 bits per heavy atom. The lowest BCUT2D eigenvalue weighted by Gasteiger charge is -2.20. The molecule has 0 aliphatic heterocycles. The van der Waals surface area contributed by atoms with E-state index in [1.807, 2.05) is 13.8 Å². The molecule has 190 valence electrons. The Morgan fingerprint density at radius 3 is 2.34 bits per heavy atom. The molecule has 0 aliphatic carbocycles. The minimum atomic E-state index is -4.91. The Hall–Kier alpha value is -2.41. The summed E-state index contributed by atoms with van der Waals surface area (Å²) in [5.41, 5.74) is -0.631. The van der Waals surface area contributed by atoms with E-state index in [0.717, 1.165) is 12.8 Å². The maximum absolute atomic E-state index is 15.3. The van der Waals surface area contributed by atoms with Crippen LogP contribution in [0.2, 0.25) is 0 Å². The fourth-order valence-electron chi connectivity index (χ4n) is 4.44. The number of benzene rings is 3. The van der Waals surface area contributed by atoms with Crippen LogP contribution in [-0.2, 0) is 17.2 Å². The van der Waals surface area contributed by atoms with Crippen molar-refractivity contribution < 1.29 is 36.7 Å². The van der Waals surface area contributed by atoms with Gasteiger partial charge in [-0.15, -0.1) is 0 Å². The average Bonchev–Trinajstić information content (AvgIpc) is 2.74. The molecule has 0 radical (unpaired) electrons. The van der Waals surface area contributed by atoms with Gasteiger partial charge in [-0.2, -0.15) is 13.2 Å². The van der Waals surface area contributed by atoms with Gasteiger partial charge in [0.1, 0.15) is 5.75 Å². The number of alkyl halides is 3. The minimum absolute atomic E-state index is 0.0478. The number of hydrogen-bond acceptors (Lipinski definition) is 2. The van der Waals surface area contributed by atoms with Gasteiger partial charge in [-0.25, -0.2) is 4.39 Å². The van der Waals surface area contributed by atoms with Crippen molar-refractivity contribution in [3.63, 3.8) is 0 Å². The van der Waals surface area contributed by atoms with E-state index in [4.69, 9.17) is 4.74 Å². The molecule has 1 atom stereocenters. The largest absolute Gasteiger partial charge is 0.453 e. The molecule has 0 amide bonds. The summed E-state index contributed by atoms with van der Waals surface area (Å²) < 4.78 is 74.8. The molecule has 9 heteroatoms. The molecule has 3 aromatic carbocycles. The molecule has 2 N–H and O–H groups in total. The number of rotatable bonds is 8. The van der Waals surface area contributed by atoms with E-state index in [-0.39, 0.29) is 39.9 Å². The third kappa shape index (κ3) is 5.88. The van der Waals surface area contributed by atoms with Crippen LogP contribution in [0.5, 0.6) is 11.5 Å². The Balaban J connectivity index is 2.14. The summed E-state index contributed by atoms with van der Waals surface area (Å²) >= 11 is 0. The molecule has 0 fully saturated rings. The van der Waals surface area contributed by atoms with E-state index >= 15 is 4.39 Å². The molecule has 0 spiro atoms. The number of aryl methyl sites for hydroxylation is 3. The monoisotopic (exact) mass is 512 g/mol. The Morgan fingerprint density at radius 1 is 1.06 bits per heavy atom. The second-order valence-electron chi connectivity index (χ2n) is 9.03. The molecular weight excluding hydrogens is 483 g/mol. The van der Waals surface area contributed by atoms with E-state index in [0.29, 0.717) is 17.4 Å². The van der Waals surface area contributed by atoms with Crippen molar-refractivity contribution in [1.29, 1.82) is 0 Å². The number of ether oxygens (including phenoxy) is 1. The molecule has 0 saturated heterocycles. The van der Waals surface area contributed by atoms with Gasteiger partial charge in [0, 0.05) is 10.8 Å². The normalized spacial score (nSPS) is 13.3. The summed E-state index contributed by atoms with van der Waals surface area (Å²) in [7, 11) is -4.66. The maximum atomic E-state index is 15.3. The Bertz CT molecular complexity index is 1280. The molecule has 0 aliphatic rings. The average molecular weight is 512 g/mol. The number of fused-ring (bicyclic) bond motifs is 1. The minimum Gasteiger partial charge on any atom is -0.453 e. The van der Waals surface area contributed by atoms with Crippen LogP contribution in [-0.4, -0.2) is 9.79 Å². The van der Waals surface area contributed by atoms with Gasteiger partial charge in [0.05, 0.1) is 10.9 Å². The van der Waals surface area contributed by atoms with E-state index < -0.39 is 30.9 Å². The van der Waals surface area contributed by atoms with Crippen LogP contribution < -0.4 is 10.0 Å². The second-order valence-corrected chi connectivity index (χ2v) is 10.6. The van der Waals surface area contributed by atoms with E-state index in [9.17, 15) is 27.5 Å². The van der Waals surface area contributed by atoms with Gasteiger partial charge >= 0.3 is 13.8 Å². The van der Waals surface area contributed by atoms with Gasteiger partial charge in [0.15, 0.2) is 11.6 Å². The summed E-state index contributed by atoms with van der Waals surface area (Å²) in [5, 5.41) is 0.266. The molecule has 3 rings (SSSR count). The predicted octanol–water partition coefficient (Wildman–Crippen LogP) is 7.58. The second kappa shape index (κ2) is 10.3. The first-order chi connectivity index (χ1) is 16.3. The smallest absolute Gasteiger partial charge is 0.419 e. The van der Waals surface area contributed by atoms with Crippen LogP contribution in [0.1, 0.15) is 55.4 Å². The molecule has 4 nitrogen and oxygen atoms in total. The zero-order valence-electron chi connectivity index (χ0n) is 20.0. The summed E-state index contributed by atoms with van der Waals surface area (Å²) in [5.74, 6) is -1.84. The molecule has 0 bridgehead atoms. The molecular formula is C26H29F4O4P. The fraction of sp³-hybridized carbons (Fsp3) is 0.385. The van der Waals surface area contributed by atoms with Gasteiger partial charge in [-0.1, -0.05) is 51.0 Å². The molecule has 3 aromatic rings. The zero-order valence-corrected chi connectivity index (χ0v) is 20.9. The maximum Gasteiger partial charge on any atom is 0.419 e.